The maximum absolute atomic E-state index is 11.9. The second-order valence-electron chi connectivity index (χ2n) is 3.90. The number of nitrogens with two attached hydrogens (primary N) is 1. The Hall–Kier alpha value is -1.33. The van der Waals surface area contributed by atoms with E-state index in [1.807, 2.05) is 4.90 Å². The lowest BCUT2D eigenvalue weighted by Gasteiger charge is -2.33. The van der Waals surface area contributed by atoms with Crippen molar-refractivity contribution in [2.75, 3.05) is 39.3 Å². The van der Waals surface area contributed by atoms with Gasteiger partial charge in [0.15, 0.2) is 5.76 Å². The van der Waals surface area contributed by atoms with Crippen molar-refractivity contribution >= 4 is 5.91 Å². The largest absolute Gasteiger partial charge is 0.459 e. The molecule has 5 heteroatoms. The summed E-state index contributed by atoms with van der Waals surface area (Å²) in [7, 11) is 0. The van der Waals surface area contributed by atoms with Gasteiger partial charge in [0.1, 0.15) is 0 Å². The fourth-order valence-electron chi connectivity index (χ4n) is 1.91. The molecule has 0 aromatic carbocycles. The minimum atomic E-state index is -0.0163. The van der Waals surface area contributed by atoms with Crippen LogP contribution in [0.15, 0.2) is 22.8 Å². The third-order valence-corrected chi connectivity index (χ3v) is 2.84. The number of hydrogen-bond acceptors (Lipinski definition) is 4. The molecule has 0 saturated carbocycles. The molecule has 88 valence electrons. The summed E-state index contributed by atoms with van der Waals surface area (Å²) >= 11 is 0. The smallest absolute Gasteiger partial charge is 0.289 e. The van der Waals surface area contributed by atoms with E-state index in [1.165, 1.54) is 6.26 Å². The second kappa shape index (κ2) is 5.14. The summed E-state index contributed by atoms with van der Waals surface area (Å²) in [6.45, 7) is 4.86. The maximum atomic E-state index is 11.9. The van der Waals surface area contributed by atoms with Crippen LogP contribution in [0.25, 0.3) is 0 Å². The third-order valence-electron chi connectivity index (χ3n) is 2.84. The van der Waals surface area contributed by atoms with E-state index in [0.717, 1.165) is 32.7 Å². The van der Waals surface area contributed by atoms with Gasteiger partial charge >= 0.3 is 0 Å². The number of furan rings is 1. The van der Waals surface area contributed by atoms with Crippen LogP contribution in [-0.4, -0.2) is 55.0 Å². The molecular weight excluding hydrogens is 206 g/mol. The van der Waals surface area contributed by atoms with Crippen molar-refractivity contribution in [3.8, 4) is 0 Å². The van der Waals surface area contributed by atoms with E-state index in [4.69, 9.17) is 10.2 Å². The van der Waals surface area contributed by atoms with Crippen LogP contribution in [0.4, 0.5) is 0 Å². The standard InChI is InChI=1S/C11H17N3O2/c12-3-4-13-5-7-14(8-6-13)11(15)10-2-1-9-16-10/h1-2,9H,3-8,12H2. The summed E-state index contributed by atoms with van der Waals surface area (Å²) in [5.41, 5.74) is 5.49. The van der Waals surface area contributed by atoms with Crippen LogP contribution in [0.3, 0.4) is 0 Å². The van der Waals surface area contributed by atoms with Crippen LogP contribution in [-0.2, 0) is 0 Å². The average Bonchev–Trinajstić information content (AvgIpc) is 2.83. The molecular formula is C11H17N3O2. The quantitative estimate of drug-likeness (QED) is 0.783. The highest BCUT2D eigenvalue weighted by atomic mass is 16.3. The van der Waals surface area contributed by atoms with Gasteiger partial charge in [-0.1, -0.05) is 0 Å². The van der Waals surface area contributed by atoms with Crippen molar-refractivity contribution in [2.24, 2.45) is 5.73 Å². The highest BCUT2D eigenvalue weighted by Crippen LogP contribution is 2.08. The van der Waals surface area contributed by atoms with Gasteiger partial charge in [-0.3, -0.25) is 9.69 Å². The molecule has 0 aliphatic carbocycles. The van der Waals surface area contributed by atoms with Crippen molar-refractivity contribution in [3.63, 3.8) is 0 Å². The average molecular weight is 223 g/mol. The van der Waals surface area contributed by atoms with Crippen LogP contribution in [0.5, 0.6) is 0 Å². The van der Waals surface area contributed by atoms with Gasteiger partial charge in [-0.15, -0.1) is 0 Å². The Bertz CT molecular complexity index is 329. The number of rotatable bonds is 3. The molecule has 1 aliphatic rings. The zero-order valence-corrected chi connectivity index (χ0v) is 9.26. The third kappa shape index (κ3) is 2.43. The first-order chi connectivity index (χ1) is 7.81. The highest BCUT2D eigenvalue weighted by Gasteiger charge is 2.22. The molecule has 16 heavy (non-hydrogen) atoms. The van der Waals surface area contributed by atoms with Gasteiger partial charge < -0.3 is 15.1 Å². The van der Waals surface area contributed by atoms with E-state index in [1.54, 1.807) is 12.1 Å². The maximum Gasteiger partial charge on any atom is 0.289 e. The normalized spacial score (nSPS) is 17.7. The zero-order chi connectivity index (χ0) is 11.4. The minimum Gasteiger partial charge on any atom is -0.459 e. The van der Waals surface area contributed by atoms with Gasteiger partial charge in [-0.05, 0) is 12.1 Å². The van der Waals surface area contributed by atoms with E-state index in [0.29, 0.717) is 12.3 Å². The lowest BCUT2D eigenvalue weighted by molar-refractivity contribution is 0.0610. The first-order valence-corrected chi connectivity index (χ1v) is 5.56. The Labute approximate surface area is 94.8 Å². The van der Waals surface area contributed by atoms with E-state index >= 15 is 0 Å². The molecule has 1 aromatic heterocycles. The van der Waals surface area contributed by atoms with Crippen molar-refractivity contribution in [3.05, 3.63) is 24.2 Å². The Balaban J connectivity index is 1.87. The number of carbonyl (C=O) groups is 1. The number of piperazine rings is 1. The minimum absolute atomic E-state index is 0.0163. The SMILES string of the molecule is NCCN1CCN(C(=O)c2ccco2)CC1. The molecule has 1 aliphatic heterocycles. The predicted octanol–water partition coefficient (Wildman–Crippen LogP) is -0.00390. The van der Waals surface area contributed by atoms with Gasteiger partial charge in [0, 0.05) is 39.3 Å². The Kier molecular flexibility index (Phi) is 3.58. The molecule has 0 unspecified atom stereocenters. The molecule has 2 heterocycles. The molecule has 0 radical (unpaired) electrons. The van der Waals surface area contributed by atoms with E-state index < -0.39 is 0 Å². The highest BCUT2D eigenvalue weighted by molar-refractivity contribution is 5.91. The van der Waals surface area contributed by atoms with Crippen molar-refractivity contribution in [1.82, 2.24) is 9.80 Å². The van der Waals surface area contributed by atoms with Crippen LogP contribution < -0.4 is 5.73 Å². The van der Waals surface area contributed by atoms with Gasteiger partial charge in [-0.2, -0.15) is 0 Å². The fourth-order valence-corrected chi connectivity index (χ4v) is 1.91. The van der Waals surface area contributed by atoms with Gasteiger partial charge in [0.05, 0.1) is 6.26 Å². The van der Waals surface area contributed by atoms with Gasteiger partial charge in [0.2, 0.25) is 0 Å². The first kappa shape index (κ1) is 11.2. The number of hydrogen-bond donors (Lipinski definition) is 1. The van der Waals surface area contributed by atoms with E-state index in [9.17, 15) is 4.79 Å². The Morgan fingerprint density at radius 1 is 1.38 bits per heavy atom. The first-order valence-electron chi connectivity index (χ1n) is 5.56. The van der Waals surface area contributed by atoms with Crippen LogP contribution in [0, 0.1) is 0 Å². The van der Waals surface area contributed by atoms with Crippen LogP contribution in [0.1, 0.15) is 10.6 Å². The van der Waals surface area contributed by atoms with Crippen molar-refractivity contribution in [1.29, 1.82) is 0 Å². The Morgan fingerprint density at radius 3 is 2.69 bits per heavy atom. The molecule has 0 spiro atoms. The summed E-state index contributed by atoms with van der Waals surface area (Å²) in [5, 5.41) is 0. The molecule has 0 atom stereocenters. The number of amides is 1. The topological polar surface area (TPSA) is 62.7 Å². The molecule has 1 aromatic rings. The van der Waals surface area contributed by atoms with Crippen molar-refractivity contribution < 1.29 is 9.21 Å². The molecule has 0 bridgehead atoms. The lowest BCUT2D eigenvalue weighted by atomic mass is 10.3. The molecule has 5 nitrogen and oxygen atoms in total. The number of carbonyl (C=O) groups excluding carboxylic acids is 1. The van der Waals surface area contributed by atoms with Crippen LogP contribution >= 0.6 is 0 Å². The zero-order valence-electron chi connectivity index (χ0n) is 9.26. The predicted molar refractivity (Wildman–Crippen MR) is 60.1 cm³/mol. The van der Waals surface area contributed by atoms with Gasteiger partial charge in [0.25, 0.3) is 5.91 Å². The molecule has 2 N–H and O–H groups in total. The second-order valence-corrected chi connectivity index (χ2v) is 3.90. The number of nitrogens with zero attached hydrogens (tertiary/aromatic N) is 2. The molecule has 2 rings (SSSR count). The molecule has 1 amide bonds. The summed E-state index contributed by atoms with van der Waals surface area (Å²) in [6.07, 6.45) is 1.53. The van der Waals surface area contributed by atoms with E-state index in [-0.39, 0.29) is 5.91 Å². The summed E-state index contributed by atoms with van der Waals surface area (Å²) in [5.74, 6) is 0.407. The fraction of sp³-hybridized carbons (Fsp3) is 0.545. The van der Waals surface area contributed by atoms with Crippen molar-refractivity contribution in [2.45, 2.75) is 0 Å². The molecule has 1 fully saturated rings. The van der Waals surface area contributed by atoms with Gasteiger partial charge in [-0.25, -0.2) is 0 Å². The summed E-state index contributed by atoms with van der Waals surface area (Å²) < 4.78 is 5.10. The van der Waals surface area contributed by atoms with E-state index in [2.05, 4.69) is 4.90 Å². The van der Waals surface area contributed by atoms with Crippen LogP contribution in [0.2, 0.25) is 0 Å². The lowest BCUT2D eigenvalue weighted by Crippen LogP contribution is -2.49. The Morgan fingerprint density at radius 2 is 2.12 bits per heavy atom. The monoisotopic (exact) mass is 223 g/mol. The molecule has 1 saturated heterocycles. The summed E-state index contributed by atoms with van der Waals surface area (Å²) in [6, 6.07) is 3.44. The summed E-state index contributed by atoms with van der Waals surface area (Å²) in [4.78, 5) is 16.0.